The first kappa shape index (κ1) is 43.7. The van der Waals surface area contributed by atoms with E-state index in [-0.39, 0.29) is 69.1 Å². The number of halogens is 1. The maximum Gasteiger partial charge on any atom is 0.343 e. The second-order valence-electron chi connectivity index (χ2n) is 15.6. The number of ketones is 1. The van der Waals surface area contributed by atoms with E-state index in [1.54, 1.807) is 37.3 Å². The van der Waals surface area contributed by atoms with Crippen LogP contribution in [0.3, 0.4) is 0 Å². The molecular formula is C40H50ClN5O10S2. The van der Waals surface area contributed by atoms with Crippen LogP contribution in [0.15, 0.2) is 50.7 Å². The Bertz CT molecular complexity index is 1880. The van der Waals surface area contributed by atoms with Crippen LogP contribution in [-0.2, 0) is 33.6 Å². The van der Waals surface area contributed by atoms with E-state index in [1.165, 1.54) is 16.7 Å². The molecule has 1 aromatic rings. The van der Waals surface area contributed by atoms with Crippen molar-refractivity contribution < 1.29 is 48.9 Å². The number of benzene rings is 1. The van der Waals surface area contributed by atoms with Gasteiger partial charge in [-0.15, -0.1) is 11.8 Å². The molecule has 10 atom stereocenters. The van der Waals surface area contributed by atoms with Gasteiger partial charge < -0.3 is 41.5 Å². The van der Waals surface area contributed by atoms with Gasteiger partial charge in [0, 0.05) is 30.7 Å². The van der Waals surface area contributed by atoms with Crippen molar-refractivity contribution in [3.05, 3.63) is 56.3 Å². The van der Waals surface area contributed by atoms with E-state index >= 15 is 0 Å². The van der Waals surface area contributed by atoms with Crippen LogP contribution in [0.2, 0.25) is 0 Å². The van der Waals surface area contributed by atoms with Gasteiger partial charge in [-0.1, -0.05) is 86.3 Å². The lowest BCUT2D eigenvalue weighted by atomic mass is 9.59. The second-order valence-corrected chi connectivity index (χ2v) is 18.5. The maximum atomic E-state index is 13.5. The fraction of sp³-hybridized carbons (Fsp3) is 0.575. The fourth-order valence-corrected chi connectivity index (χ4v) is 11.8. The Morgan fingerprint density at radius 1 is 1.02 bits per heavy atom. The average Bonchev–Trinajstić information content (AvgIpc) is 3.75. The zero-order chi connectivity index (χ0) is 41.8. The molecule has 3 heterocycles. The fourth-order valence-electron chi connectivity index (χ4n) is 8.72. The number of rotatable bonds is 19. The molecule has 18 heteroatoms. The molecule has 4 amide bonds. The number of aliphatic carboxylic acids is 2. The number of thioether (sulfide) groups is 2. The van der Waals surface area contributed by atoms with Crippen molar-refractivity contribution in [3.63, 3.8) is 0 Å². The number of fused-ring (bicyclic) bond motifs is 2. The van der Waals surface area contributed by atoms with E-state index < -0.39 is 59.3 Å². The Kier molecular flexibility index (Phi) is 14.3. The number of carboxylic acids is 2. The van der Waals surface area contributed by atoms with Gasteiger partial charge in [0.15, 0.2) is 0 Å². The largest absolute Gasteiger partial charge is 0.478 e. The van der Waals surface area contributed by atoms with Gasteiger partial charge in [0.25, 0.3) is 0 Å². The predicted octanol–water partition coefficient (Wildman–Crippen LogP) is 2.89. The number of hydrogen-bond donors (Lipinski definition) is 7. The number of nitrogens with one attached hydrogen (secondary N) is 4. The summed E-state index contributed by atoms with van der Waals surface area (Å²) >= 11 is 8.42. The highest BCUT2D eigenvalue weighted by molar-refractivity contribution is 8.04. The third-order valence-electron chi connectivity index (χ3n) is 11.7. The van der Waals surface area contributed by atoms with E-state index in [9.17, 15) is 48.9 Å². The SMILES string of the molecule is C[C@H]1C(SC2CN[C@H](C(=O)NCCCCCCCCC(=O)N[C@H](C(=O)N[C@H]3C(=O)N4CC(Cl)=C(C(=O)O)SC34)c3ccccc3)C2)=C(C(=O)O)C2C(=O)[C@H]([C@@H](C)O)C21. The normalized spacial score (nSPS) is 28.5. The average molecular weight is 860 g/mol. The molecule has 1 aromatic carbocycles. The minimum absolute atomic E-state index is 0.0162. The molecule has 58 heavy (non-hydrogen) atoms. The Labute approximate surface area is 349 Å². The molecule has 5 aliphatic rings. The summed E-state index contributed by atoms with van der Waals surface area (Å²) in [6, 6.07) is 6.28. The lowest BCUT2D eigenvalue weighted by molar-refractivity contribution is -0.151. The number of carbonyl (C=O) groups excluding carboxylic acids is 5. The molecule has 2 aliphatic carbocycles. The number of β-lactam (4-membered cyclic amide) rings is 1. The first-order chi connectivity index (χ1) is 27.7. The van der Waals surface area contributed by atoms with E-state index in [0.29, 0.717) is 36.4 Å². The zero-order valence-electron chi connectivity index (χ0n) is 32.3. The number of carboxylic acid groups (broad SMARTS) is 2. The van der Waals surface area contributed by atoms with Crippen LogP contribution in [0, 0.1) is 23.7 Å². The van der Waals surface area contributed by atoms with Gasteiger partial charge in [-0.3, -0.25) is 24.0 Å². The van der Waals surface area contributed by atoms with Gasteiger partial charge in [-0.2, -0.15) is 0 Å². The highest BCUT2D eigenvalue weighted by Crippen LogP contribution is 2.59. The summed E-state index contributed by atoms with van der Waals surface area (Å²) in [5.41, 5.74) is 0.696. The zero-order valence-corrected chi connectivity index (χ0v) is 34.7. The quantitative estimate of drug-likeness (QED) is 0.0785. The van der Waals surface area contributed by atoms with Crippen molar-refractivity contribution in [1.82, 2.24) is 26.2 Å². The summed E-state index contributed by atoms with van der Waals surface area (Å²) in [6.07, 6.45) is 4.82. The molecule has 3 aliphatic heterocycles. The Morgan fingerprint density at radius 2 is 1.71 bits per heavy atom. The number of Topliss-reactive ketones (excluding diaryl/α,β-unsaturated/α-hetero) is 1. The number of allylic oxidation sites excluding steroid dienone is 1. The number of unbranched alkanes of at least 4 members (excludes halogenated alkanes) is 5. The molecule has 1 saturated carbocycles. The van der Waals surface area contributed by atoms with Crippen molar-refractivity contribution >= 4 is 76.5 Å². The van der Waals surface area contributed by atoms with Crippen molar-refractivity contribution in [3.8, 4) is 0 Å². The van der Waals surface area contributed by atoms with Crippen LogP contribution in [0.5, 0.6) is 0 Å². The summed E-state index contributed by atoms with van der Waals surface area (Å²) in [7, 11) is 0. The number of hydrogen-bond acceptors (Lipinski definition) is 11. The molecule has 15 nitrogen and oxygen atoms in total. The summed E-state index contributed by atoms with van der Waals surface area (Å²) in [5, 5.41) is 40.7. The van der Waals surface area contributed by atoms with Gasteiger partial charge >= 0.3 is 11.9 Å². The van der Waals surface area contributed by atoms with E-state index in [2.05, 4.69) is 21.3 Å². The number of aliphatic hydroxyl groups is 1. The maximum absolute atomic E-state index is 13.5. The molecule has 4 unspecified atom stereocenters. The van der Waals surface area contributed by atoms with Crippen molar-refractivity contribution in [1.29, 1.82) is 0 Å². The van der Waals surface area contributed by atoms with Gasteiger partial charge in [-0.05, 0) is 48.5 Å². The van der Waals surface area contributed by atoms with Crippen LogP contribution >= 0.6 is 35.1 Å². The highest BCUT2D eigenvalue weighted by atomic mass is 35.5. The van der Waals surface area contributed by atoms with E-state index in [4.69, 9.17) is 11.6 Å². The first-order valence-corrected chi connectivity index (χ1v) is 21.9. The Balaban J connectivity index is 0.860. The molecule has 6 rings (SSSR count). The molecule has 0 bridgehead atoms. The lowest BCUT2D eigenvalue weighted by Gasteiger charge is -2.49. The molecule has 7 N–H and O–H groups in total. The molecule has 0 radical (unpaired) electrons. The van der Waals surface area contributed by atoms with Gasteiger partial charge in [0.05, 0.1) is 35.2 Å². The van der Waals surface area contributed by atoms with Crippen molar-refractivity contribution in [2.45, 2.75) is 100 Å². The van der Waals surface area contributed by atoms with Crippen LogP contribution in [0.4, 0.5) is 0 Å². The number of nitrogens with zero attached hydrogens (tertiary/aromatic N) is 1. The monoisotopic (exact) mass is 859 g/mol. The number of amides is 4. The predicted molar refractivity (Wildman–Crippen MR) is 217 cm³/mol. The third kappa shape index (κ3) is 9.28. The lowest BCUT2D eigenvalue weighted by Crippen LogP contribution is -2.71. The molecular weight excluding hydrogens is 810 g/mol. The van der Waals surface area contributed by atoms with Crippen LogP contribution in [0.1, 0.15) is 76.8 Å². The van der Waals surface area contributed by atoms with E-state index in [0.717, 1.165) is 43.9 Å². The Hall–Kier alpha value is -3.90. The molecule has 0 spiro atoms. The highest BCUT2D eigenvalue weighted by Gasteiger charge is 2.62. The minimum atomic E-state index is -1.20. The van der Waals surface area contributed by atoms with Crippen LogP contribution in [0.25, 0.3) is 0 Å². The minimum Gasteiger partial charge on any atom is -0.478 e. The number of aliphatic hydroxyl groups excluding tert-OH is 1. The standard InChI is InChI=1S/C40H50ClN5O10S2/c1-19-26-27(20(2)47)32(49)28(26)29(39(53)54)33(19)57-22-16-24(43-17-22)35(50)42-15-11-6-4-3-5-10-14-25(48)44-30(21-12-8-7-9-13-21)36(51)45-31-37(52)46-18-23(41)34(40(55)56)58-38(31)46/h7-9,12-13,19-20,22,24,26-28,30-31,38,43,47H,3-6,10-11,14-18H2,1-2H3,(H,42,50)(H,44,48)(H,45,51)(H,53,54)(H,55,56)/t19-,20-,22?,24+,26?,27-,28?,30+,31+,38?/m1/s1. The van der Waals surface area contributed by atoms with E-state index in [1.807, 2.05) is 6.92 Å². The smallest absolute Gasteiger partial charge is 0.343 e. The van der Waals surface area contributed by atoms with Gasteiger partial charge in [0.2, 0.25) is 23.6 Å². The summed E-state index contributed by atoms with van der Waals surface area (Å²) in [5.74, 6) is -5.44. The topological polar surface area (TPSA) is 232 Å². The van der Waals surface area contributed by atoms with Crippen molar-refractivity contribution in [2.24, 2.45) is 23.7 Å². The first-order valence-electron chi connectivity index (χ1n) is 19.8. The summed E-state index contributed by atoms with van der Waals surface area (Å²) in [6.45, 7) is 4.52. The summed E-state index contributed by atoms with van der Waals surface area (Å²) in [4.78, 5) is 90.6. The molecule has 314 valence electrons. The van der Waals surface area contributed by atoms with Crippen LogP contribution < -0.4 is 21.3 Å². The van der Waals surface area contributed by atoms with Gasteiger partial charge in [-0.25, -0.2) is 9.59 Å². The van der Waals surface area contributed by atoms with Gasteiger partial charge in [0.1, 0.15) is 28.1 Å². The number of carbonyl (C=O) groups is 7. The Morgan fingerprint density at radius 3 is 2.38 bits per heavy atom. The molecule has 3 fully saturated rings. The van der Waals surface area contributed by atoms with Crippen molar-refractivity contribution in [2.75, 3.05) is 19.6 Å². The van der Waals surface area contributed by atoms with Crippen LogP contribution in [-0.4, -0.2) is 110 Å². The second kappa shape index (κ2) is 19.0. The third-order valence-corrected chi connectivity index (χ3v) is 15.1. The molecule has 2 saturated heterocycles. The summed E-state index contributed by atoms with van der Waals surface area (Å²) < 4.78 is 0. The molecule has 0 aromatic heterocycles.